The van der Waals surface area contributed by atoms with Gasteiger partial charge in [0.25, 0.3) is 0 Å². The molecule has 0 spiro atoms. The van der Waals surface area contributed by atoms with Gasteiger partial charge in [0, 0.05) is 17.2 Å². The van der Waals surface area contributed by atoms with Crippen molar-refractivity contribution in [1.82, 2.24) is 0 Å². The minimum atomic E-state index is -1.00. The van der Waals surface area contributed by atoms with E-state index < -0.39 is 22.5 Å². The minimum Gasteiger partial charge on any atom is -0.508 e. The van der Waals surface area contributed by atoms with Crippen LogP contribution in [0.25, 0.3) is 11.0 Å². The van der Waals surface area contributed by atoms with Gasteiger partial charge in [-0.25, -0.2) is 9.59 Å². The molecule has 1 aliphatic heterocycles. The fourth-order valence-electron chi connectivity index (χ4n) is 2.28. The predicted molar refractivity (Wildman–Crippen MR) is 81.7 cm³/mol. The summed E-state index contributed by atoms with van der Waals surface area (Å²) in [6, 6.07) is 5.85. The summed E-state index contributed by atoms with van der Waals surface area (Å²) < 4.78 is 5.09. The van der Waals surface area contributed by atoms with Crippen LogP contribution in [0.4, 0.5) is 0 Å². The second kappa shape index (κ2) is 5.14. The van der Waals surface area contributed by atoms with Crippen LogP contribution in [-0.4, -0.2) is 16.2 Å². The van der Waals surface area contributed by atoms with E-state index in [1.54, 1.807) is 12.2 Å². The molecule has 1 aromatic carbocycles. The third-order valence-corrected chi connectivity index (χ3v) is 5.37. The Hall–Kier alpha value is -2.47. The fourth-order valence-corrected chi connectivity index (χ4v) is 4.16. The Kier molecular flexibility index (Phi) is 3.31. The van der Waals surface area contributed by atoms with E-state index in [1.807, 2.05) is 5.41 Å². The van der Waals surface area contributed by atoms with Crippen LogP contribution in [0.15, 0.2) is 55.9 Å². The molecule has 1 atom stereocenters. The first kappa shape index (κ1) is 13.5. The van der Waals surface area contributed by atoms with Gasteiger partial charge < -0.3 is 14.6 Å². The van der Waals surface area contributed by atoms with Crippen molar-refractivity contribution in [2.45, 2.75) is 5.75 Å². The van der Waals surface area contributed by atoms with Crippen LogP contribution in [0, 0.1) is 0 Å². The van der Waals surface area contributed by atoms with Crippen LogP contribution in [0.5, 0.6) is 5.75 Å². The Balaban J connectivity index is 2.06. The SMILES string of the molecule is O=C(O)C1=CC=C[SH]1Cc1cc(=O)oc2ccc(O)cc12. The van der Waals surface area contributed by atoms with Crippen molar-refractivity contribution in [2.24, 2.45) is 0 Å². The first-order valence-corrected chi connectivity index (χ1v) is 7.78. The number of phenolic OH excluding ortho intramolecular Hbond substituents is 1. The molecule has 0 amide bonds. The van der Waals surface area contributed by atoms with E-state index >= 15 is 0 Å². The van der Waals surface area contributed by atoms with Gasteiger partial charge >= 0.3 is 11.6 Å². The van der Waals surface area contributed by atoms with E-state index in [0.717, 1.165) is 0 Å². The maximum atomic E-state index is 11.6. The van der Waals surface area contributed by atoms with Crippen molar-refractivity contribution >= 4 is 27.8 Å². The first-order chi connectivity index (χ1) is 10.0. The number of hydrogen-bond donors (Lipinski definition) is 3. The molecule has 3 rings (SSSR count). The highest BCUT2D eigenvalue weighted by Gasteiger charge is 2.19. The molecule has 108 valence electrons. The summed E-state index contributed by atoms with van der Waals surface area (Å²) in [5, 5.41) is 21.2. The van der Waals surface area contributed by atoms with E-state index in [9.17, 15) is 14.7 Å². The van der Waals surface area contributed by atoms with E-state index in [0.29, 0.717) is 27.2 Å². The van der Waals surface area contributed by atoms with Crippen LogP contribution < -0.4 is 5.63 Å². The summed E-state index contributed by atoms with van der Waals surface area (Å²) in [5.41, 5.74) is 0.582. The van der Waals surface area contributed by atoms with Crippen LogP contribution in [0.2, 0.25) is 0 Å². The minimum absolute atomic E-state index is 0.0707. The zero-order valence-corrected chi connectivity index (χ0v) is 11.7. The molecule has 21 heavy (non-hydrogen) atoms. The Morgan fingerprint density at radius 1 is 1.29 bits per heavy atom. The Morgan fingerprint density at radius 3 is 2.86 bits per heavy atom. The molecule has 5 nitrogen and oxygen atoms in total. The number of allylic oxidation sites excluding steroid dienone is 2. The molecule has 1 aromatic heterocycles. The van der Waals surface area contributed by atoms with E-state index in [4.69, 9.17) is 9.52 Å². The second-order valence-electron chi connectivity index (χ2n) is 4.60. The number of carbonyl (C=O) groups is 1. The summed E-state index contributed by atoms with van der Waals surface area (Å²) in [5.74, 6) is -0.447. The number of benzene rings is 1. The molecule has 6 heteroatoms. The lowest BCUT2D eigenvalue weighted by Crippen LogP contribution is -2.03. The summed E-state index contributed by atoms with van der Waals surface area (Å²) in [6.45, 7) is 0. The van der Waals surface area contributed by atoms with Crippen molar-refractivity contribution in [3.63, 3.8) is 0 Å². The quantitative estimate of drug-likeness (QED) is 0.599. The zero-order valence-electron chi connectivity index (χ0n) is 10.8. The van der Waals surface area contributed by atoms with Crippen LogP contribution in [0.1, 0.15) is 5.56 Å². The average Bonchev–Trinajstić information content (AvgIpc) is 2.88. The number of fused-ring (bicyclic) bond motifs is 1. The van der Waals surface area contributed by atoms with Gasteiger partial charge in [0.05, 0.1) is 4.91 Å². The summed E-state index contributed by atoms with van der Waals surface area (Å²) in [6.07, 6.45) is 3.30. The number of thiol groups is 1. The van der Waals surface area contributed by atoms with Crippen molar-refractivity contribution in [1.29, 1.82) is 0 Å². The van der Waals surface area contributed by atoms with Crippen LogP contribution >= 0.6 is 10.9 Å². The lowest BCUT2D eigenvalue weighted by atomic mass is 10.1. The molecule has 0 fully saturated rings. The summed E-state index contributed by atoms with van der Waals surface area (Å²) in [4.78, 5) is 23.1. The van der Waals surface area contributed by atoms with Gasteiger partial charge in [0.2, 0.25) is 0 Å². The van der Waals surface area contributed by atoms with Gasteiger partial charge in [-0.1, -0.05) is 6.08 Å². The molecule has 2 N–H and O–H groups in total. The summed E-state index contributed by atoms with van der Waals surface area (Å²) >= 11 is 0. The highest BCUT2D eigenvalue weighted by Crippen LogP contribution is 2.44. The molecule has 0 bridgehead atoms. The van der Waals surface area contributed by atoms with E-state index in [1.165, 1.54) is 24.3 Å². The monoisotopic (exact) mass is 304 g/mol. The second-order valence-corrected chi connectivity index (χ2v) is 6.63. The van der Waals surface area contributed by atoms with E-state index in [2.05, 4.69) is 0 Å². The number of carboxylic acid groups (broad SMARTS) is 1. The summed E-state index contributed by atoms with van der Waals surface area (Å²) in [7, 11) is -1.00. The molecular weight excluding hydrogens is 292 g/mol. The normalized spacial score (nSPS) is 18.9. The maximum absolute atomic E-state index is 11.6. The number of carboxylic acids is 1. The third-order valence-electron chi connectivity index (χ3n) is 3.20. The molecular formula is C15H12O5S. The van der Waals surface area contributed by atoms with Crippen LogP contribution in [-0.2, 0) is 10.5 Å². The number of phenols is 1. The highest BCUT2D eigenvalue weighted by molar-refractivity contribution is 8.23. The standard InChI is InChI=1S/C15H12O5S/c16-10-3-4-12-11(7-10)9(6-14(17)20-12)8-21-5-1-2-13(21)15(18)19/h1-7,16,21H,8H2,(H,18,19). The lowest BCUT2D eigenvalue weighted by molar-refractivity contribution is -0.131. The number of hydrogen-bond acceptors (Lipinski definition) is 4. The Bertz CT molecular complexity index is 847. The first-order valence-electron chi connectivity index (χ1n) is 6.19. The molecule has 2 aromatic rings. The Morgan fingerprint density at radius 2 is 2.10 bits per heavy atom. The molecule has 0 saturated heterocycles. The van der Waals surface area contributed by atoms with Crippen molar-refractivity contribution in [3.05, 3.63) is 62.7 Å². The third kappa shape index (κ3) is 2.57. The average molecular weight is 304 g/mol. The van der Waals surface area contributed by atoms with Crippen molar-refractivity contribution < 1.29 is 19.4 Å². The van der Waals surface area contributed by atoms with Crippen LogP contribution in [0.3, 0.4) is 0 Å². The fraction of sp³-hybridized carbons (Fsp3) is 0.0667. The predicted octanol–water partition coefficient (Wildman–Crippen LogP) is 2.50. The molecule has 1 aliphatic rings. The topological polar surface area (TPSA) is 87.7 Å². The maximum Gasteiger partial charge on any atom is 0.340 e. The number of aliphatic carboxylic acids is 1. The van der Waals surface area contributed by atoms with Gasteiger partial charge in [-0.2, -0.15) is 10.9 Å². The van der Waals surface area contributed by atoms with Gasteiger partial charge in [0.1, 0.15) is 11.3 Å². The molecule has 0 aliphatic carbocycles. The molecule has 1 unspecified atom stereocenters. The van der Waals surface area contributed by atoms with Crippen molar-refractivity contribution in [3.8, 4) is 5.75 Å². The van der Waals surface area contributed by atoms with E-state index in [-0.39, 0.29) is 5.75 Å². The van der Waals surface area contributed by atoms with Crippen molar-refractivity contribution in [2.75, 3.05) is 0 Å². The largest absolute Gasteiger partial charge is 0.508 e. The van der Waals surface area contributed by atoms with Gasteiger partial charge in [-0.05, 0) is 35.2 Å². The van der Waals surface area contributed by atoms with Gasteiger partial charge in [-0.15, -0.1) is 0 Å². The highest BCUT2D eigenvalue weighted by atomic mass is 32.2. The lowest BCUT2D eigenvalue weighted by Gasteiger charge is -2.16. The Labute approximate surface area is 122 Å². The number of aromatic hydroxyl groups is 1. The smallest absolute Gasteiger partial charge is 0.340 e. The molecule has 2 heterocycles. The molecule has 0 radical (unpaired) electrons. The number of rotatable bonds is 3. The van der Waals surface area contributed by atoms with Gasteiger partial charge in [0.15, 0.2) is 0 Å². The molecule has 0 saturated carbocycles. The zero-order chi connectivity index (χ0) is 15.0. The van der Waals surface area contributed by atoms with Gasteiger partial charge in [-0.3, -0.25) is 0 Å².